The molecule has 1 amide bonds. The van der Waals surface area contributed by atoms with Gasteiger partial charge < -0.3 is 16.2 Å². The second-order valence-electron chi connectivity index (χ2n) is 5.90. The van der Waals surface area contributed by atoms with E-state index in [1.54, 1.807) is 37.3 Å². The third kappa shape index (κ3) is 3.69. The fourth-order valence-electron chi connectivity index (χ4n) is 2.75. The molecule has 0 aliphatic heterocycles. The van der Waals surface area contributed by atoms with Crippen molar-refractivity contribution in [2.24, 2.45) is 5.73 Å². The minimum Gasteiger partial charge on any atom is -0.508 e. The Bertz CT molecular complexity index is 1020. The number of nitrogens with one attached hydrogen (secondary N) is 2. The summed E-state index contributed by atoms with van der Waals surface area (Å²) >= 11 is 0. The van der Waals surface area contributed by atoms with Crippen LogP contribution in [0.5, 0.6) is 5.75 Å². The van der Waals surface area contributed by atoms with Crippen molar-refractivity contribution >= 4 is 28.2 Å². The van der Waals surface area contributed by atoms with Crippen molar-refractivity contribution in [2.45, 2.75) is 6.92 Å². The van der Waals surface area contributed by atoms with Gasteiger partial charge in [-0.2, -0.15) is 18.6 Å². The summed E-state index contributed by atoms with van der Waals surface area (Å²) in [6.45, 7) is 5.63. The topological polar surface area (TPSA) is 99.2 Å². The number of benzene rings is 3. The van der Waals surface area contributed by atoms with E-state index in [0.29, 0.717) is 22.4 Å². The molecule has 26 heavy (non-hydrogen) atoms. The number of phenols is 1. The fraction of sp³-hybridized carbons (Fsp3) is 0.0500. The Labute approximate surface area is 163 Å². The number of rotatable bonds is 3. The predicted molar refractivity (Wildman–Crippen MR) is 100 cm³/mol. The zero-order valence-electron chi connectivity index (χ0n) is 14.2. The van der Waals surface area contributed by atoms with Crippen molar-refractivity contribution in [1.82, 2.24) is 0 Å². The molecule has 0 saturated heterocycles. The summed E-state index contributed by atoms with van der Waals surface area (Å²) in [5, 5.41) is 21.9. The maximum Gasteiger partial charge on any atom is 0.255 e. The molecule has 0 heterocycles. The van der Waals surface area contributed by atoms with Crippen molar-refractivity contribution in [3.8, 4) is 5.75 Å². The summed E-state index contributed by atoms with van der Waals surface area (Å²) in [5.41, 5.74) is 8.39. The monoisotopic (exact) mass is 383 g/mol. The van der Waals surface area contributed by atoms with Crippen molar-refractivity contribution in [2.75, 3.05) is 5.32 Å². The van der Waals surface area contributed by atoms with Gasteiger partial charge in [0.2, 0.25) is 0 Å². The second kappa shape index (κ2) is 7.56. The van der Waals surface area contributed by atoms with Gasteiger partial charge in [0.15, 0.2) is 0 Å². The zero-order valence-corrected chi connectivity index (χ0v) is 15.6. The van der Waals surface area contributed by atoms with Crippen LogP contribution in [-0.4, -0.2) is 16.8 Å². The molecule has 3 rings (SSSR count). The summed E-state index contributed by atoms with van der Waals surface area (Å²) < 4.78 is 0. The Kier molecular flexibility index (Phi) is 5.65. The normalized spacial score (nSPS) is 10.2. The molecule has 0 aliphatic carbocycles. The Morgan fingerprint density at radius 3 is 2.62 bits per heavy atom. The summed E-state index contributed by atoms with van der Waals surface area (Å²) in [5.74, 6) is -0.294. The number of anilines is 1. The van der Waals surface area contributed by atoms with Gasteiger partial charge in [-0.15, -0.1) is 6.07 Å². The zero-order chi connectivity index (χ0) is 18.1. The molecule has 0 atom stereocenters. The molecular weight excluding hydrogens is 365 g/mol. The standard InChI is InChI=1S/C20H18N3O2.V/c1-11-8-13-6-7-14(19(21)22)10-16(13)17(9-11)23-20(25)15-4-3-5-18(24)12(15)2;/h3-10,24H,1H2,2H3,(H3,21,22)(H,23,25);/q-1;. The SMILES string of the molecule is [CH2-]c1cc(NC(=O)c2cccc(O)c2C)c2cc(C(=N)N)ccc2c1.[V]. The predicted octanol–water partition coefficient (Wildman–Crippen LogP) is 3.57. The summed E-state index contributed by atoms with van der Waals surface area (Å²) in [6, 6.07) is 13.9. The number of aromatic hydroxyl groups is 1. The van der Waals surface area contributed by atoms with E-state index in [9.17, 15) is 9.90 Å². The van der Waals surface area contributed by atoms with Crippen LogP contribution in [0.3, 0.4) is 0 Å². The number of amides is 1. The first-order valence-electron chi connectivity index (χ1n) is 7.71. The average Bonchev–Trinajstić information content (AvgIpc) is 2.56. The quantitative estimate of drug-likeness (QED) is 0.316. The first-order valence-corrected chi connectivity index (χ1v) is 7.71. The van der Waals surface area contributed by atoms with Crippen molar-refractivity contribution in [1.29, 1.82) is 5.41 Å². The van der Waals surface area contributed by atoms with Gasteiger partial charge in [-0.05, 0) is 36.2 Å². The van der Waals surface area contributed by atoms with Crippen LogP contribution in [0.1, 0.15) is 27.0 Å². The van der Waals surface area contributed by atoms with Crippen LogP contribution in [0.4, 0.5) is 5.69 Å². The van der Waals surface area contributed by atoms with Crippen LogP contribution in [-0.2, 0) is 18.6 Å². The van der Waals surface area contributed by atoms with E-state index in [-0.39, 0.29) is 36.0 Å². The largest absolute Gasteiger partial charge is 0.508 e. The molecule has 1 radical (unpaired) electrons. The van der Waals surface area contributed by atoms with E-state index < -0.39 is 0 Å². The van der Waals surface area contributed by atoms with Gasteiger partial charge in [-0.25, -0.2) is 0 Å². The molecule has 3 aromatic carbocycles. The number of carbonyl (C=O) groups is 1. The van der Waals surface area contributed by atoms with Gasteiger partial charge in [0.05, 0.1) is 0 Å². The van der Waals surface area contributed by atoms with Crippen LogP contribution in [0, 0.1) is 19.3 Å². The van der Waals surface area contributed by atoms with Gasteiger partial charge >= 0.3 is 0 Å². The van der Waals surface area contributed by atoms with Crippen molar-refractivity contribution in [3.63, 3.8) is 0 Å². The van der Waals surface area contributed by atoms with Gasteiger partial charge in [-0.1, -0.05) is 23.6 Å². The van der Waals surface area contributed by atoms with E-state index in [1.165, 1.54) is 6.07 Å². The van der Waals surface area contributed by atoms with Gasteiger partial charge in [-0.3, -0.25) is 10.2 Å². The molecule has 0 saturated carbocycles. The number of hydrogen-bond acceptors (Lipinski definition) is 3. The van der Waals surface area contributed by atoms with Gasteiger partial charge in [0, 0.05) is 35.2 Å². The minimum atomic E-state index is -0.325. The number of nitrogen functional groups attached to an aromatic ring is 1. The van der Waals surface area contributed by atoms with E-state index in [2.05, 4.69) is 12.2 Å². The molecule has 0 unspecified atom stereocenters. The number of carbonyl (C=O) groups excluding carboxylic acids is 1. The number of fused-ring (bicyclic) bond motifs is 1. The van der Waals surface area contributed by atoms with E-state index in [0.717, 1.165) is 16.3 Å². The molecule has 0 spiro atoms. The maximum atomic E-state index is 12.7. The number of phenolic OH excluding ortho intramolecular Hbond substituents is 1. The number of amidine groups is 1. The van der Waals surface area contributed by atoms with Crippen LogP contribution < -0.4 is 11.1 Å². The smallest absolute Gasteiger partial charge is 0.255 e. The van der Waals surface area contributed by atoms with E-state index >= 15 is 0 Å². The van der Waals surface area contributed by atoms with Crippen LogP contribution in [0.2, 0.25) is 0 Å². The molecule has 3 aromatic rings. The fourth-order valence-corrected chi connectivity index (χ4v) is 2.75. The first kappa shape index (κ1) is 19.4. The molecule has 6 heteroatoms. The third-order valence-electron chi connectivity index (χ3n) is 4.12. The van der Waals surface area contributed by atoms with Crippen LogP contribution >= 0.6 is 0 Å². The van der Waals surface area contributed by atoms with Crippen LogP contribution in [0.25, 0.3) is 10.8 Å². The summed E-state index contributed by atoms with van der Waals surface area (Å²) in [7, 11) is 0. The van der Waals surface area contributed by atoms with E-state index in [1.807, 2.05) is 12.1 Å². The number of nitrogens with two attached hydrogens (primary N) is 1. The second-order valence-corrected chi connectivity index (χ2v) is 5.90. The van der Waals surface area contributed by atoms with Gasteiger partial charge in [0.25, 0.3) is 5.91 Å². The van der Waals surface area contributed by atoms with E-state index in [4.69, 9.17) is 11.1 Å². The Morgan fingerprint density at radius 2 is 1.92 bits per heavy atom. The molecular formula is C20H18N3O2V-. The average molecular weight is 383 g/mol. The van der Waals surface area contributed by atoms with Crippen molar-refractivity contribution in [3.05, 3.63) is 77.7 Å². The molecule has 131 valence electrons. The van der Waals surface area contributed by atoms with Crippen LogP contribution in [0.15, 0.2) is 48.5 Å². The first-order chi connectivity index (χ1) is 11.9. The molecule has 0 aromatic heterocycles. The maximum absolute atomic E-state index is 12.7. The molecule has 0 bridgehead atoms. The molecule has 0 aliphatic rings. The Morgan fingerprint density at radius 1 is 1.19 bits per heavy atom. The minimum absolute atomic E-state index is 0. The Balaban J connectivity index is 0.00000243. The molecule has 0 fully saturated rings. The third-order valence-corrected chi connectivity index (χ3v) is 4.12. The van der Waals surface area contributed by atoms with Crippen molar-refractivity contribution < 1.29 is 28.5 Å². The Hall–Kier alpha value is -2.89. The van der Waals surface area contributed by atoms with Gasteiger partial charge in [0.1, 0.15) is 11.6 Å². The summed E-state index contributed by atoms with van der Waals surface area (Å²) in [4.78, 5) is 12.7. The molecule has 5 N–H and O–H groups in total. The number of hydrogen-bond donors (Lipinski definition) is 4. The summed E-state index contributed by atoms with van der Waals surface area (Å²) in [6.07, 6.45) is 0. The molecule has 5 nitrogen and oxygen atoms in total.